The summed E-state index contributed by atoms with van der Waals surface area (Å²) in [7, 11) is 0. The fourth-order valence-corrected chi connectivity index (χ4v) is 3.44. The molecule has 31 heavy (non-hydrogen) atoms. The summed E-state index contributed by atoms with van der Waals surface area (Å²) in [6.07, 6.45) is 0. The van der Waals surface area contributed by atoms with Gasteiger partial charge in [-0.1, -0.05) is 45.9 Å². The minimum Gasteiger partial charge on any atom is -0.452 e. The lowest BCUT2D eigenvalue weighted by atomic mass is 9.92. The highest BCUT2D eigenvalue weighted by molar-refractivity contribution is 5.97. The Morgan fingerprint density at radius 1 is 0.903 bits per heavy atom. The summed E-state index contributed by atoms with van der Waals surface area (Å²) in [4.78, 5) is 34.0. The van der Waals surface area contributed by atoms with Crippen molar-refractivity contribution < 1.29 is 14.3 Å². The van der Waals surface area contributed by atoms with Crippen molar-refractivity contribution in [1.29, 1.82) is 0 Å². The van der Waals surface area contributed by atoms with E-state index in [-0.39, 0.29) is 24.3 Å². The van der Waals surface area contributed by atoms with Gasteiger partial charge in [0, 0.05) is 5.69 Å². The summed E-state index contributed by atoms with van der Waals surface area (Å²) in [6.45, 7) is 11.7. The first-order chi connectivity index (χ1) is 14.7. The van der Waals surface area contributed by atoms with Crippen molar-refractivity contribution >= 4 is 28.6 Å². The number of aromatic nitrogens is 2. The third-order valence-electron chi connectivity index (χ3n) is 5.28. The van der Waals surface area contributed by atoms with Gasteiger partial charge in [-0.05, 0) is 55.0 Å². The van der Waals surface area contributed by atoms with Gasteiger partial charge in [-0.2, -0.15) is 0 Å². The van der Waals surface area contributed by atoms with Gasteiger partial charge >= 0.3 is 5.97 Å². The van der Waals surface area contributed by atoms with Crippen LogP contribution in [0.4, 0.5) is 5.69 Å². The predicted molar refractivity (Wildman–Crippen MR) is 123 cm³/mol. The number of esters is 1. The lowest BCUT2D eigenvalue weighted by molar-refractivity contribution is -0.119. The Labute approximate surface area is 183 Å². The average Bonchev–Trinajstić information content (AvgIpc) is 2.72. The Hall–Kier alpha value is -3.28. The summed E-state index contributed by atoms with van der Waals surface area (Å²) in [5, 5.41) is 2.95. The Morgan fingerprint density at radius 3 is 2.06 bits per heavy atom. The van der Waals surface area contributed by atoms with Crippen LogP contribution in [0.2, 0.25) is 0 Å². The monoisotopic (exact) mass is 419 g/mol. The first kappa shape index (κ1) is 22.4. The van der Waals surface area contributed by atoms with Crippen LogP contribution in [0.15, 0.2) is 36.4 Å². The first-order valence-corrected chi connectivity index (χ1v) is 10.5. The van der Waals surface area contributed by atoms with Gasteiger partial charge in [0.15, 0.2) is 6.61 Å². The molecule has 3 rings (SSSR count). The summed E-state index contributed by atoms with van der Waals surface area (Å²) < 4.78 is 5.27. The molecular formula is C25H29N3O3. The maximum absolute atomic E-state index is 12.6. The van der Waals surface area contributed by atoms with Gasteiger partial charge in [0.25, 0.3) is 5.91 Å². The number of benzene rings is 2. The van der Waals surface area contributed by atoms with E-state index in [0.717, 1.165) is 28.2 Å². The van der Waals surface area contributed by atoms with Gasteiger partial charge in [-0.15, -0.1) is 0 Å². The molecule has 2 aromatic carbocycles. The fraction of sp³-hybridized carbons (Fsp3) is 0.360. The molecule has 0 aliphatic heterocycles. The minimum absolute atomic E-state index is 0.252. The van der Waals surface area contributed by atoms with E-state index in [1.807, 2.05) is 32.0 Å². The molecule has 1 aromatic heterocycles. The number of ether oxygens (including phenoxy) is 1. The quantitative estimate of drug-likeness (QED) is 0.549. The normalized spacial score (nSPS) is 11.2. The van der Waals surface area contributed by atoms with Crippen LogP contribution in [0.5, 0.6) is 0 Å². The maximum atomic E-state index is 12.6. The van der Waals surface area contributed by atoms with E-state index >= 15 is 0 Å². The molecule has 6 heteroatoms. The molecule has 162 valence electrons. The van der Waals surface area contributed by atoms with Crippen LogP contribution in [0.1, 0.15) is 72.4 Å². The number of para-hydroxylation sites is 1. The molecule has 0 saturated heterocycles. The topological polar surface area (TPSA) is 81.2 Å². The number of hydrogen-bond acceptors (Lipinski definition) is 5. The number of nitrogens with zero attached hydrogens (tertiary/aromatic N) is 2. The lowest BCUT2D eigenvalue weighted by Gasteiger charge is -2.20. The van der Waals surface area contributed by atoms with Gasteiger partial charge in [0.2, 0.25) is 0 Å². The standard InChI is InChI=1S/C25H29N3O3/c1-14(2)19-8-7-9-20(15(3)4)24(19)28-23(29)13-31-25(30)18-10-11-21-22(12-18)27-17(6)16(5)26-21/h7-12,14-15H,13H2,1-6H3,(H,28,29). The smallest absolute Gasteiger partial charge is 0.338 e. The zero-order valence-electron chi connectivity index (χ0n) is 18.9. The third-order valence-corrected chi connectivity index (χ3v) is 5.28. The van der Waals surface area contributed by atoms with Gasteiger partial charge < -0.3 is 10.1 Å². The summed E-state index contributed by atoms with van der Waals surface area (Å²) in [6, 6.07) is 11.0. The number of rotatable bonds is 6. The molecule has 0 atom stereocenters. The Balaban J connectivity index is 1.72. The maximum Gasteiger partial charge on any atom is 0.338 e. The SMILES string of the molecule is Cc1nc2ccc(C(=O)OCC(=O)Nc3c(C(C)C)cccc3C(C)C)cc2nc1C. The van der Waals surface area contributed by atoms with E-state index in [2.05, 4.69) is 43.0 Å². The van der Waals surface area contributed by atoms with Crippen molar-refractivity contribution in [1.82, 2.24) is 9.97 Å². The molecule has 0 bridgehead atoms. The second kappa shape index (κ2) is 9.25. The molecule has 3 aromatic rings. The van der Waals surface area contributed by atoms with Gasteiger partial charge in [-0.25, -0.2) is 14.8 Å². The van der Waals surface area contributed by atoms with Crippen molar-refractivity contribution in [3.8, 4) is 0 Å². The molecule has 0 fully saturated rings. The minimum atomic E-state index is -0.571. The zero-order valence-corrected chi connectivity index (χ0v) is 18.9. The van der Waals surface area contributed by atoms with E-state index in [0.29, 0.717) is 16.6 Å². The summed E-state index contributed by atoms with van der Waals surface area (Å²) >= 11 is 0. The van der Waals surface area contributed by atoms with E-state index in [1.165, 1.54) is 0 Å². The average molecular weight is 420 g/mol. The van der Waals surface area contributed by atoms with Crippen LogP contribution in [0.25, 0.3) is 11.0 Å². The van der Waals surface area contributed by atoms with Crippen LogP contribution in [-0.4, -0.2) is 28.5 Å². The highest BCUT2D eigenvalue weighted by Gasteiger charge is 2.17. The van der Waals surface area contributed by atoms with Crippen molar-refractivity contribution in [3.05, 3.63) is 64.5 Å². The number of anilines is 1. The number of nitrogens with one attached hydrogen (secondary N) is 1. The number of fused-ring (bicyclic) bond motifs is 1. The van der Waals surface area contributed by atoms with Crippen molar-refractivity contribution in [2.45, 2.75) is 53.4 Å². The molecule has 1 heterocycles. The number of hydrogen-bond donors (Lipinski definition) is 1. The van der Waals surface area contributed by atoms with E-state index in [4.69, 9.17) is 4.74 Å². The largest absolute Gasteiger partial charge is 0.452 e. The van der Waals surface area contributed by atoms with Crippen LogP contribution in [0.3, 0.4) is 0 Å². The summed E-state index contributed by atoms with van der Waals surface area (Å²) in [5.41, 5.74) is 6.25. The van der Waals surface area contributed by atoms with E-state index in [9.17, 15) is 9.59 Å². The molecule has 0 spiro atoms. The summed E-state index contributed by atoms with van der Waals surface area (Å²) in [5.74, 6) is -0.432. The number of aryl methyl sites for hydroxylation is 2. The molecule has 0 saturated carbocycles. The van der Waals surface area contributed by atoms with Crippen molar-refractivity contribution in [2.75, 3.05) is 11.9 Å². The number of amides is 1. The van der Waals surface area contributed by atoms with Crippen molar-refractivity contribution in [3.63, 3.8) is 0 Å². The van der Waals surface area contributed by atoms with Gasteiger partial charge in [-0.3, -0.25) is 4.79 Å². The van der Waals surface area contributed by atoms with Crippen LogP contribution < -0.4 is 5.32 Å². The third kappa shape index (κ3) is 5.08. The molecular weight excluding hydrogens is 390 g/mol. The second-order valence-electron chi connectivity index (χ2n) is 8.34. The van der Waals surface area contributed by atoms with E-state index < -0.39 is 5.97 Å². The molecule has 6 nitrogen and oxygen atoms in total. The van der Waals surface area contributed by atoms with E-state index in [1.54, 1.807) is 18.2 Å². The first-order valence-electron chi connectivity index (χ1n) is 10.5. The second-order valence-corrected chi connectivity index (χ2v) is 8.34. The fourth-order valence-electron chi connectivity index (χ4n) is 3.44. The molecule has 0 aliphatic rings. The van der Waals surface area contributed by atoms with Crippen molar-refractivity contribution in [2.24, 2.45) is 0 Å². The molecule has 0 radical (unpaired) electrons. The Morgan fingerprint density at radius 2 is 1.48 bits per heavy atom. The van der Waals surface area contributed by atoms with Crippen LogP contribution >= 0.6 is 0 Å². The highest BCUT2D eigenvalue weighted by atomic mass is 16.5. The van der Waals surface area contributed by atoms with Gasteiger partial charge in [0.05, 0.1) is 28.0 Å². The molecule has 1 amide bonds. The lowest BCUT2D eigenvalue weighted by Crippen LogP contribution is -2.22. The van der Waals surface area contributed by atoms with Gasteiger partial charge in [0.1, 0.15) is 0 Å². The van der Waals surface area contributed by atoms with Crippen LogP contribution in [0, 0.1) is 13.8 Å². The highest BCUT2D eigenvalue weighted by Crippen LogP contribution is 2.32. The Bertz CT molecular complexity index is 1110. The molecule has 0 unspecified atom stereocenters. The Kier molecular flexibility index (Phi) is 6.68. The predicted octanol–water partition coefficient (Wildman–Crippen LogP) is 5.29. The molecule has 1 N–H and O–H groups in total. The molecule has 0 aliphatic carbocycles. The van der Waals surface area contributed by atoms with Crippen LogP contribution in [-0.2, 0) is 9.53 Å². The number of carbonyl (C=O) groups is 2. The number of carbonyl (C=O) groups excluding carboxylic acids is 2. The zero-order chi connectivity index (χ0) is 22.7.